The number of hydrogen-bond donors (Lipinski definition) is 1. The smallest absolute Gasteiger partial charge is 0.256 e. The summed E-state index contributed by atoms with van der Waals surface area (Å²) in [6, 6.07) is 11.3. The van der Waals surface area contributed by atoms with Crippen LogP contribution in [0.2, 0.25) is 0 Å². The third-order valence-corrected chi connectivity index (χ3v) is 4.95. The van der Waals surface area contributed by atoms with Crippen molar-refractivity contribution in [2.24, 2.45) is 4.99 Å². The summed E-state index contributed by atoms with van der Waals surface area (Å²) in [7, 11) is 0. The first kappa shape index (κ1) is 19.8. The second-order valence-corrected chi connectivity index (χ2v) is 6.87. The highest BCUT2D eigenvalue weighted by molar-refractivity contribution is 6.00. The van der Waals surface area contributed by atoms with E-state index in [0.717, 1.165) is 4.57 Å². The molecule has 1 unspecified atom stereocenters. The molecule has 0 spiro atoms. The zero-order valence-corrected chi connectivity index (χ0v) is 15.5. The summed E-state index contributed by atoms with van der Waals surface area (Å²) in [5.74, 6) is -0.762. The maximum Gasteiger partial charge on any atom is 0.256 e. The van der Waals surface area contributed by atoms with Gasteiger partial charge >= 0.3 is 0 Å². The van der Waals surface area contributed by atoms with Crippen LogP contribution in [0.1, 0.15) is 16.7 Å². The first-order chi connectivity index (χ1) is 14.4. The summed E-state index contributed by atoms with van der Waals surface area (Å²) in [6.07, 6.45) is -0.0679. The zero-order chi connectivity index (χ0) is 21.3. The average Bonchev–Trinajstić information content (AvgIpc) is 3.16. The Kier molecular flexibility index (Phi) is 5.11. The molecule has 1 atom stereocenters. The Morgan fingerprint density at radius 2 is 1.83 bits per heavy atom. The van der Waals surface area contributed by atoms with Crippen LogP contribution in [-0.4, -0.2) is 28.4 Å². The van der Waals surface area contributed by atoms with Crippen LogP contribution in [0.3, 0.4) is 0 Å². The molecule has 1 aliphatic rings. The number of pyridine rings is 2. The zero-order valence-electron chi connectivity index (χ0n) is 15.5. The van der Waals surface area contributed by atoms with Gasteiger partial charge in [-0.3, -0.25) is 9.79 Å². The lowest BCUT2D eigenvalue weighted by atomic mass is 9.83. The molecule has 4 rings (SSSR count). The fraction of sp³-hybridized carbons (Fsp3) is 0.190. The number of halogens is 4. The standard InChI is InChI=1S/C21H16F4N4O/c22-16-4-2-14(3-5-16)21(15-7-8-26-18(25)9-15)12-27-20(28-21)13-1-6-19(30)29(10-13)11-17(23)24/h1-10,17H,11-12H2,(H,27,28). The summed E-state index contributed by atoms with van der Waals surface area (Å²) >= 11 is 0. The van der Waals surface area contributed by atoms with Crippen LogP contribution >= 0.6 is 0 Å². The first-order valence-electron chi connectivity index (χ1n) is 9.07. The molecule has 0 fully saturated rings. The third-order valence-electron chi connectivity index (χ3n) is 4.95. The van der Waals surface area contributed by atoms with E-state index >= 15 is 0 Å². The van der Waals surface area contributed by atoms with Gasteiger partial charge in [0.15, 0.2) is 0 Å². The Bertz CT molecular complexity index is 1160. The van der Waals surface area contributed by atoms with Gasteiger partial charge in [-0.15, -0.1) is 0 Å². The van der Waals surface area contributed by atoms with Crippen molar-refractivity contribution in [2.75, 3.05) is 6.54 Å². The van der Waals surface area contributed by atoms with Crippen LogP contribution in [0.25, 0.3) is 0 Å². The summed E-state index contributed by atoms with van der Waals surface area (Å²) in [5.41, 5.74) is -0.000861. The second kappa shape index (κ2) is 7.74. The average molecular weight is 416 g/mol. The molecule has 0 radical (unpaired) electrons. The van der Waals surface area contributed by atoms with Gasteiger partial charge in [0.1, 0.15) is 17.2 Å². The first-order valence-corrected chi connectivity index (χ1v) is 9.07. The summed E-state index contributed by atoms with van der Waals surface area (Å²) in [4.78, 5) is 19.9. The maximum absolute atomic E-state index is 13.9. The molecule has 1 aliphatic heterocycles. The number of aliphatic imine (C=N–C) groups is 1. The van der Waals surface area contributed by atoms with Crippen molar-refractivity contribution in [1.29, 1.82) is 0 Å². The van der Waals surface area contributed by atoms with Crippen molar-refractivity contribution in [3.05, 3.63) is 99.7 Å². The molecule has 0 aliphatic carbocycles. The van der Waals surface area contributed by atoms with Crippen LogP contribution in [0, 0.1) is 11.8 Å². The van der Waals surface area contributed by atoms with Gasteiger partial charge < -0.3 is 9.88 Å². The molecule has 30 heavy (non-hydrogen) atoms. The van der Waals surface area contributed by atoms with Crippen LogP contribution in [0.15, 0.2) is 70.7 Å². The third kappa shape index (κ3) is 3.70. The van der Waals surface area contributed by atoms with E-state index in [1.54, 1.807) is 18.2 Å². The van der Waals surface area contributed by atoms with E-state index in [1.165, 1.54) is 42.7 Å². The predicted octanol–water partition coefficient (Wildman–Crippen LogP) is 3.08. The lowest BCUT2D eigenvalue weighted by molar-refractivity contribution is 0.125. The van der Waals surface area contributed by atoms with Gasteiger partial charge in [-0.2, -0.15) is 4.39 Å². The minimum atomic E-state index is -2.69. The van der Waals surface area contributed by atoms with Gasteiger partial charge in [0.2, 0.25) is 5.95 Å². The summed E-state index contributed by atoms with van der Waals surface area (Å²) in [6.45, 7) is -0.593. The maximum atomic E-state index is 13.9. The van der Waals surface area contributed by atoms with E-state index in [4.69, 9.17) is 0 Å². The Labute approximate surface area is 168 Å². The van der Waals surface area contributed by atoms with Crippen molar-refractivity contribution >= 4 is 5.84 Å². The van der Waals surface area contributed by atoms with Gasteiger partial charge in [0, 0.05) is 24.0 Å². The molecule has 1 N–H and O–H groups in total. The molecule has 1 aromatic carbocycles. The highest BCUT2D eigenvalue weighted by atomic mass is 19.3. The molecule has 154 valence electrons. The monoisotopic (exact) mass is 416 g/mol. The fourth-order valence-electron chi connectivity index (χ4n) is 3.50. The van der Waals surface area contributed by atoms with Crippen molar-refractivity contribution < 1.29 is 17.6 Å². The summed E-state index contributed by atoms with van der Waals surface area (Å²) in [5, 5.41) is 3.23. The predicted molar refractivity (Wildman–Crippen MR) is 103 cm³/mol. The van der Waals surface area contributed by atoms with Gasteiger partial charge in [-0.1, -0.05) is 12.1 Å². The number of rotatable bonds is 5. The highest BCUT2D eigenvalue weighted by Crippen LogP contribution is 2.34. The lowest BCUT2D eigenvalue weighted by Gasteiger charge is -2.31. The normalized spacial score (nSPS) is 18.4. The van der Waals surface area contributed by atoms with Crippen molar-refractivity contribution in [3.63, 3.8) is 0 Å². The van der Waals surface area contributed by atoms with Crippen molar-refractivity contribution in [3.8, 4) is 0 Å². The number of nitrogens with one attached hydrogen (secondary N) is 1. The van der Waals surface area contributed by atoms with E-state index in [1.807, 2.05) is 0 Å². The van der Waals surface area contributed by atoms with Gasteiger partial charge in [0.25, 0.3) is 12.0 Å². The number of benzene rings is 1. The van der Waals surface area contributed by atoms with Crippen molar-refractivity contribution in [1.82, 2.24) is 14.9 Å². The van der Waals surface area contributed by atoms with E-state index in [2.05, 4.69) is 15.3 Å². The van der Waals surface area contributed by atoms with E-state index < -0.39 is 35.8 Å². The Morgan fingerprint density at radius 3 is 2.53 bits per heavy atom. The molecular weight excluding hydrogens is 400 g/mol. The highest BCUT2D eigenvalue weighted by Gasteiger charge is 2.40. The van der Waals surface area contributed by atoms with Crippen LogP contribution in [0.4, 0.5) is 17.6 Å². The fourth-order valence-corrected chi connectivity index (χ4v) is 3.50. The number of nitrogens with zero attached hydrogens (tertiary/aromatic N) is 3. The van der Waals surface area contributed by atoms with Crippen LogP contribution < -0.4 is 10.9 Å². The minimum absolute atomic E-state index is 0.144. The molecule has 3 aromatic rings. The van der Waals surface area contributed by atoms with E-state index in [-0.39, 0.29) is 6.54 Å². The molecule has 3 heterocycles. The Morgan fingerprint density at radius 1 is 1.07 bits per heavy atom. The van der Waals surface area contributed by atoms with E-state index in [9.17, 15) is 22.4 Å². The van der Waals surface area contributed by atoms with Crippen molar-refractivity contribution in [2.45, 2.75) is 18.5 Å². The molecule has 0 saturated heterocycles. The van der Waals surface area contributed by atoms with Gasteiger partial charge in [-0.25, -0.2) is 18.2 Å². The molecule has 9 heteroatoms. The number of aromatic nitrogens is 2. The molecular formula is C21H16F4N4O. The number of alkyl halides is 2. The molecule has 0 saturated carbocycles. The summed E-state index contributed by atoms with van der Waals surface area (Å²) < 4.78 is 53.8. The molecule has 5 nitrogen and oxygen atoms in total. The topological polar surface area (TPSA) is 59.3 Å². The Balaban J connectivity index is 1.75. The lowest BCUT2D eigenvalue weighted by Crippen LogP contribution is -2.44. The molecule has 2 aromatic heterocycles. The largest absolute Gasteiger partial charge is 0.355 e. The molecule has 0 amide bonds. The number of hydrogen-bond acceptors (Lipinski definition) is 4. The van der Waals surface area contributed by atoms with Gasteiger partial charge in [0.05, 0.1) is 13.1 Å². The minimum Gasteiger partial charge on any atom is -0.355 e. The number of amidine groups is 1. The van der Waals surface area contributed by atoms with Crippen LogP contribution in [0.5, 0.6) is 0 Å². The second-order valence-electron chi connectivity index (χ2n) is 6.87. The quantitative estimate of drug-likeness (QED) is 0.514. The molecule has 0 bridgehead atoms. The van der Waals surface area contributed by atoms with E-state index in [0.29, 0.717) is 22.5 Å². The van der Waals surface area contributed by atoms with Gasteiger partial charge in [-0.05, 0) is 41.5 Å². The van der Waals surface area contributed by atoms with Crippen LogP contribution in [-0.2, 0) is 12.1 Å². The SMILES string of the molecule is O=c1ccc(C2=NCC(c3ccc(F)cc3)(c3ccnc(F)c3)N2)cn1CC(F)F. The Hall–Kier alpha value is -3.49.